The number of carbonyl (C=O) groups excluding carboxylic acids is 1. The van der Waals surface area contributed by atoms with Crippen LogP contribution in [0.4, 0.5) is 0 Å². The molecule has 1 aliphatic rings. The van der Waals surface area contributed by atoms with Crippen molar-refractivity contribution >= 4 is 5.97 Å². The molecule has 0 amide bonds. The Morgan fingerprint density at radius 3 is 2.38 bits per heavy atom. The molecule has 0 aliphatic carbocycles. The number of nitrogens with zero attached hydrogens (tertiary/aromatic N) is 2. The van der Waals surface area contributed by atoms with Crippen LogP contribution in [-0.4, -0.2) is 22.5 Å². The molecule has 0 spiro atoms. The predicted molar refractivity (Wildman–Crippen MR) is 107 cm³/mol. The van der Waals surface area contributed by atoms with Crippen molar-refractivity contribution in [3.05, 3.63) is 90.6 Å². The molecule has 0 bridgehead atoms. The van der Waals surface area contributed by atoms with Gasteiger partial charge in [-0.15, -0.1) is 0 Å². The molecule has 0 radical (unpaired) electrons. The minimum Gasteiger partial charge on any atom is -0.454 e. The zero-order chi connectivity index (χ0) is 19.6. The normalized spacial score (nSPS) is 12.0. The maximum Gasteiger partial charge on any atom is 0.362 e. The lowest BCUT2D eigenvalue weighted by molar-refractivity contribution is 0.0725. The molecule has 2 heterocycles. The summed E-state index contributed by atoms with van der Waals surface area (Å²) in [6.45, 7) is 0.161. The van der Waals surface area contributed by atoms with E-state index in [0.29, 0.717) is 28.6 Å². The second kappa shape index (κ2) is 7.16. The summed E-state index contributed by atoms with van der Waals surface area (Å²) in [6, 6.07) is 25.9. The number of esters is 1. The Balaban J connectivity index is 1.52. The first-order valence-corrected chi connectivity index (χ1v) is 9.11. The fourth-order valence-electron chi connectivity index (χ4n) is 3.14. The van der Waals surface area contributed by atoms with Gasteiger partial charge in [-0.1, -0.05) is 48.5 Å². The van der Waals surface area contributed by atoms with Gasteiger partial charge in [0.05, 0.1) is 11.4 Å². The van der Waals surface area contributed by atoms with E-state index in [0.717, 1.165) is 11.3 Å². The highest BCUT2D eigenvalue weighted by molar-refractivity contribution is 5.91. The third-order valence-corrected chi connectivity index (χ3v) is 4.54. The van der Waals surface area contributed by atoms with Gasteiger partial charge >= 0.3 is 5.97 Å². The summed E-state index contributed by atoms with van der Waals surface area (Å²) in [4.78, 5) is 13.0. The Labute approximate surface area is 166 Å². The van der Waals surface area contributed by atoms with E-state index in [1.807, 2.05) is 60.7 Å². The highest BCUT2D eigenvalue weighted by atomic mass is 16.7. The van der Waals surface area contributed by atoms with Crippen LogP contribution in [0.2, 0.25) is 0 Å². The molecule has 6 nitrogen and oxygen atoms in total. The fourth-order valence-corrected chi connectivity index (χ4v) is 3.14. The average Bonchev–Trinajstić information content (AvgIpc) is 3.42. The van der Waals surface area contributed by atoms with Gasteiger partial charge in [-0.3, -0.25) is 0 Å². The Bertz CT molecular complexity index is 1170. The van der Waals surface area contributed by atoms with Gasteiger partial charge in [0, 0.05) is 11.6 Å². The maximum atomic E-state index is 13.0. The van der Waals surface area contributed by atoms with Gasteiger partial charge in [-0.05, 0) is 30.3 Å². The SMILES string of the molecule is O=C(Oc1ccc2c(c1)OCO2)c1cc(-c2ccccc2)nn1-c1ccccc1. The molecular formula is C23H16N2O4. The molecule has 0 fully saturated rings. The quantitative estimate of drug-likeness (QED) is 0.383. The number of carbonyl (C=O) groups is 1. The van der Waals surface area contributed by atoms with Crippen molar-refractivity contribution in [3.63, 3.8) is 0 Å². The first-order chi connectivity index (χ1) is 14.3. The summed E-state index contributed by atoms with van der Waals surface area (Å²) >= 11 is 0. The van der Waals surface area contributed by atoms with Gasteiger partial charge in [0.2, 0.25) is 6.79 Å². The topological polar surface area (TPSA) is 62.6 Å². The lowest BCUT2D eigenvalue weighted by Crippen LogP contribution is -2.14. The van der Waals surface area contributed by atoms with Crippen LogP contribution >= 0.6 is 0 Å². The molecule has 0 N–H and O–H groups in total. The Kier molecular flexibility index (Phi) is 4.22. The van der Waals surface area contributed by atoms with Crippen LogP contribution in [0.15, 0.2) is 84.9 Å². The van der Waals surface area contributed by atoms with Gasteiger partial charge < -0.3 is 14.2 Å². The van der Waals surface area contributed by atoms with Crippen molar-refractivity contribution in [2.45, 2.75) is 0 Å². The number of hydrogen-bond donors (Lipinski definition) is 0. The van der Waals surface area contributed by atoms with Crippen molar-refractivity contribution in [2.75, 3.05) is 6.79 Å². The van der Waals surface area contributed by atoms with Crippen molar-refractivity contribution in [2.24, 2.45) is 0 Å². The Morgan fingerprint density at radius 2 is 1.59 bits per heavy atom. The summed E-state index contributed by atoms with van der Waals surface area (Å²) < 4.78 is 17.8. The van der Waals surface area contributed by atoms with Crippen LogP contribution < -0.4 is 14.2 Å². The molecular weight excluding hydrogens is 368 g/mol. The highest BCUT2D eigenvalue weighted by Gasteiger charge is 2.21. The number of hydrogen-bond acceptors (Lipinski definition) is 5. The molecule has 29 heavy (non-hydrogen) atoms. The lowest BCUT2D eigenvalue weighted by Gasteiger charge is -2.08. The van der Waals surface area contributed by atoms with E-state index in [4.69, 9.17) is 14.2 Å². The molecule has 4 aromatic rings. The van der Waals surface area contributed by atoms with E-state index in [1.165, 1.54) is 0 Å². The summed E-state index contributed by atoms with van der Waals surface area (Å²) in [7, 11) is 0. The molecule has 5 rings (SSSR count). The van der Waals surface area contributed by atoms with E-state index in [9.17, 15) is 4.79 Å². The third-order valence-electron chi connectivity index (χ3n) is 4.54. The Hall–Kier alpha value is -4.06. The lowest BCUT2D eigenvalue weighted by atomic mass is 10.1. The van der Waals surface area contributed by atoms with E-state index in [1.54, 1.807) is 28.9 Å². The van der Waals surface area contributed by atoms with Crippen molar-refractivity contribution in [1.82, 2.24) is 9.78 Å². The summed E-state index contributed by atoms with van der Waals surface area (Å²) in [5.74, 6) is 1.05. The van der Waals surface area contributed by atoms with Crippen molar-refractivity contribution in [3.8, 4) is 34.2 Å². The summed E-state index contributed by atoms with van der Waals surface area (Å²) in [5, 5.41) is 4.64. The number of aromatic nitrogens is 2. The maximum absolute atomic E-state index is 13.0. The van der Waals surface area contributed by atoms with Gasteiger partial charge in [-0.2, -0.15) is 5.10 Å². The zero-order valence-corrected chi connectivity index (χ0v) is 15.3. The van der Waals surface area contributed by atoms with Crippen LogP contribution in [0.5, 0.6) is 17.2 Å². The first-order valence-electron chi connectivity index (χ1n) is 9.11. The second-order valence-corrected chi connectivity index (χ2v) is 6.43. The van der Waals surface area contributed by atoms with E-state index < -0.39 is 5.97 Å². The third kappa shape index (κ3) is 3.32. The van der Waals surface area contributed by atoms with Gasteiger partial charge in [-0.25, -0.2) is 9.48 Å². The predicted octanol–water partition coefficient (Wildman–Crippen LogP) is 4.49. The number of para-hydroxylation sites is 1. The minimum absolute atomic E-state index is 0.161. The van der Waals surface area contributed by atoms with Crippen LogP contribution in [0.1, 0.15) is 10.5 Å². The van der Waals surface area contributed by atoms with Crippen LogP contribution in [0, 0.1) is 0 Å². The van der Waals surface area contributed by atoms with E-state index >= 15 is 0 Å². The van der Waals surface area contributed by atoms with Gasteiger partial charge in [0.1, 0.15) is 5.75 Å². The molecule has 142 valence electrons. The number of ether oxygens (including phenoxy) is 3. The number of rotatable bonds is 4. The summed E-state index contributed by atoms with van der Waals surface area (Å²) in [5.41, 5.74) is 2.70. The molecule has 0 atom stereocenters. The average molecular weight is 384 g/mol. The molecule has 0 unspecified atom stereocenters. The van der Waals surface area contributed by atoms with Crippen LogP contribution in [0.25, 0.3) is 16.9 Å². The van der Waals surface area contributed by atoms with Crippen molar-refractivity contribution < 1.29 is 19.0 Å². The second-order valence-electron chi connectivity index (χ2n) is 6.43. The van der Waals surface area contributed by atoms with Crippen LogP contribution in [-0.2, 0) is 0 Å². The molecule has 1 aromatic heterocycles. The zero-order valence-electron chi connectivity index (χ0n) is 15.3. The number of benzene rings is 3. The molecule has 6 heteroatoms. The van der Waals surface area contributed by atoms with Crippen LogP contribution in [0.3, 0.4) is 0 Å². The monoisotopic (exact) mass is 384 g/mol. The molecule has 0 saturated carbocycles. The largest absolute Gasteiger partial charge is 0.454 e. The van der Waals surface area contributed by atoms with E-state index in [2.05, 4.69) is 5.10 Å². The smallest absolute Gasteiger partial charge is 0.362 e. The highest BCUT2D eigenvalue weighted by Crippen LogP contribution is 2.35. The number of fused-ring (bicyclic) bond motifs is 1. The van der Waals surface area contributed by atoms with Crippen molar-refractivity contribution in [1.29, 1.82) is 0 Å². The Morgan fingerprint density at radius 1 is 0.862 bits per heavy atom. The molecule has 0 saturated heterocycles. The summed E-state index contributed by atoms with van der Waals surface area (Å²) in [6.07, 6.45) is 0. The van der Waals surface area contributed by atoms with Gasteiger partial charge in [0.15, 0.2) is 17.2 Å². The fraction of sp³-hybridized carbons (Fsp3) is 0.0435. The standard InChI is InChI=1S/C23H16N2O4/c26-23(29-18-11-12-21-22(13-18)28-15-27-21)20-14-19(16-7-3-1-4-8-16)24-25(20)17-9-5-2-6-10-17/h1-14H,15H2. The van der Waals surface area contributed by atoms with E-state index in [-0.39, 0.29) is 6.79 Å². The first kappa shape index (κ1) is 17.1. The minimum atomic E-state index is -0.512. The van der Waals surface area contributed by atoms with Gasteiger partial charge in [0.25, 0.3) is 0 Å². The molecule has 3 aromatic carbocycles. The molecule has 1 aliphatic heterocycles.